The van der Waals surface area contributed by atoms with Crippen molar-refractivity contribution in [3.8, 4) is 0 Å². The van der Waals surface area contributed by atoms with Gasteiger partial charge >= 0.3 is 0 Å². The molecule has 2 amide bonds. The van der Waals surface area contributed by atoms with E-state index in [1.54, 1.807) is 26.0 Å². The fourth-order valence-electron chi connectivity index (χ4n) is 2.15. The first-order valence-corrected chi connectivity index (χ1v) is 5.94. The Kier molecular flexibility index (Phi) is 3.32. The summed E-state index contributed by atoms with van der Waals surface area (Å²) in [5, 5.41) is 2.60. The van der Waals surface area contributed by atoms with Crippen LogP contribution in [0.25, 0.3) is 0 Å². The van der Waals surface area contributed by atoms with Gasteiger partial charge in [0.25, 0.3) is 0 Å². The van der Waals surface area contributed by atoms with Crippen LogP contribution in [0.4, 0.5) is 10.1 Å². The first kappa shape index (κ1) is 12.5. The van der Waals surface area contributed by atoms with Crippen molar-refractivity contribution in [2.75, 3.05) is 4.90 Å². The van der Waals surface area contributed by atoms with E-state index in [0.29, 0.717) is 6.42 Å². The molecule has 0 aliphatic carbocycles. The molecule has 1 saturated heterocycles. The standard InChI is InChI=1S/C13H15FN2O2/c1-3-10-12(17)15-8(2)13(18)16(10)11-7-5-4-6-9(11)14/h4-8,10H,3H2,1-2H3,(H,15,17). The van der Waals surface area contributed by atoms with Crippen LogP contribution in [0.3, 0.4) is 0 Å². The van der Waals surface area contributed by atoms with Gasteiger partial charge in [-0.1, -0.05) is 19.1 Å². The van der Waals surface area contributed by atoms with Crippen molar-refractivity contribution < 1.29 is 14.0 Å². The van der Waals surface area contributed by atoms with E-state index in [1.807, 2.05) is 0 Å². The third-order valence-corrected chi connectivity index (χ3v) is 3.08. The summed E-state index contributed by atoms with van der Waals surface area (Å²) < 4.78 is 13.8. The maximum atomic E-state index is 13.8. The lowest BCUT2D eigenvalue weighted by Gasteiger charge is -2.37. The number of para-hydroxylation sites is 1. The summed E-state index contributed by atoms with van der Waals surface area (Å²) in [5.74, 6) is -1.02. The molecule has 1 aromatic rings. The van der Waals surface area contributed by atoms with E-state index in [0.717, 1.165) is 0 Å². The van der Waals surface area contributed by atoms with Gasteiger partial charge in [-0.2, -0.15) is 0 Å². The molecule has 2 rings (SSSR count). The molecule has 0 aromatic heterocycles. The van der Waals surface area contributed by atoms with Gasteiger partial charge in [0.05, 0.1) is 5.69 Å². The minimum atomic E-state index is -0.648. The number of benzene rings is 1. The zero-order chi connectivity index (χ0) is 13.3. The molecule has 96 valence electrons. The lowest BCUT2D eigenvalue weighted by Crippen LogP contribution is -2.62. The molecule has 1 aliphatic rings. The molecular weight excluding hydrogens is 235 g/mol. The average molecular weight is 250 g/mol. The smallest absolute Gasteiger partial charge is 0.250 e. The summed E-state index contributed by atoms with van der Waals surface area (Å²) in [6.45, 7) is 3.39. The van der Waals surface area contributed by atoms with E-state index in [2.05, 4.69) is 5.32 Å². The molecule has 0 saturated carbocycles. The fraction of sp³-hybridized carbons (Fsp3) is 0.385. The van der Waals surface area contributed by atoms with Gasteiger partial charge in [-0.05, 0) is 25.5 Å². The Labute approximate surface area is 105 Å². The first-order valence-electron chi connectivity index (χ1n) is 5.94. The normalized spacial score (nSPS) is 24.1. The number of carbonyl (C=O) groups excluding carboxylic acids is 2. The highest BCUT2D eigenvalue weighted by Gasteiger charge is 2.39. The molecule has 2 atom stereocenters. The van der Waals surface area contributed by atoms with Gasteiger partial charge in [0.2, 0.25) is 11.8 Å². The van der Waals surface area contributed by atoms with Crippen LogP contribution in [-0.4, -0.2) is 23.9 Å². The lowest BCUT2D eigenvalue weighted by molar-refractivity contribution is -0.133. The molecule has 4 nitrogen and oxygen atoms in total. The molecule has 1 aromatic carbocycles. The molecule has 5 heteroatoms. The Morgan fingerprint density at radius 2 is 2.00 bits per heavy atom. The van der Waals surface area contributed by atoms with Crippen molar-refractivity contribution in [3.05, 3.63) is 30.1 Å². The molecule has 0 spiro atoms. The van der Waals surface area contributed by atoms with Crippen LogP contribution in [0.2, 0.25) is 0 Å². The van der Waals surface area contributed by atoms with E-state index in [9.17, 15) is 14.0 Å². The predicted octanol–water partition coefficient (Wildman–Crippen LogP) is 1.46. The number of anilines is 1. The van der Waals surface area contributed by atoms with E-state index < -0.39 is 17.9 Å². The second-order valence-electron chi connectivity index (χ2n) is 4.31. The predicted molar refractivity (Wildman–Crippen MR) is 65.6 cm³/mol. The SMILES string of the molecule is CCC1C(=O)NC(C)C(=O)N1c1ccccc1F. The topological polar surface area (TPSA) is 49.4 Å². The molecule has 0 bridgehead atoms. The van der Waals surface area contributed by atoms with Gasteiger partial charge < -0.3 is 5.32 Å². The molecule has 2 unspecified atom stereocenters. The minimum Gasteiger partial charge on any atom is -0.343 e. The molecule has 18 heavy (non-hydrogen) atoms. The number of amides is 2. The minimum absolute atomic E-state index is 0.163. The molecule has 1 heterocycles. The highest BCUT2D eigenvalue weighted by atomic mass is 19.1. The van der Waals surface area contributed by atoms with Crippen LogP contribution in [0.15, 0.2) is 24.3 Å². The third kappa shape index (κ3) is 1.96. The maximum Gasteiger partial charge on any atom is 0.250 e. The van der Waals surface area contributed by atoms with Gasteiger partial charge in [-0.15, -0.1) is 0 Å². The van der Waals surface area contributed by atoms with Crippen LogP contribution in [0.1, 0.15) is 20.3 Å². The summed E-state index contributed by atoms with van der Waals surface area (Å²) in [7, 11) is 0. The average Bonchev–Trinajstić information content (AvgIpc) is 2.34. The van der Waals surface area contributed by atoms with Crippen molar-refractivity contribution in [1.82, 2.24) is 5.32 Å². The van der Waals surface area contributed by atoms with Crippen LogP contribution >= 0.6 is 0 Å². The molecule has 1 fully saturated rings. The molecule has 1 N–H and O–H groups in total. The van der Waals surface area contributed by atoms with Gasteiger partial charge in [0, 0.05) is 0 Å². The number of carbonyl (C=O) groups is 2. The quantitative estimate of drug-likeness (QED) is 0.863. The Bertz CT molecular complexity index is 490. The highest BCUT2D eigenvalue weighted by Crippen LogP contribution is 2.25. The van der Waals surface area contributed by atoms with Gasteiger partial charge in [0.15, 0.2) is 0 Å². The Balaban J connectivity index is 2.47. The lowest BCUT2D eigenvalue weighted by atomic mass is 10.0. The molecule has 0 radical (unpaired) electrons. The zero-order valence-corrected chi connectivity index (χ0v) is 10.3. The van der Waals surface area contributed by atoms with Crippen molar-refractivity contribution in [3.63, 3.8) is 0 Å². The monoisotopic (exact) mass is 250 g/mol. The van der Waals surface area contributed by atoms with Crippen molar-refractivity contribution in [1.29, 1.82) is 0 Å². The second-order valence-corrected chi connectivity index (χ2v) is 4.31. The van der Waals surface area contributed by atoms with Crippen molar-refractivity contribution in [2.45, 2.75) is 32.4 Å². The van der Waals surface area contributed by atoms with Crippen molar-refractivity contribution in [2.24, 2.45) is 0 Å². The number of rotatable bonds is 2. The van der Waals surface area contributed by atoms with Gasteiger partial charge in [0.1, 0.15) is 17.9 Å². The number of nitrogens with one attached hydrogen (secondary N) is 1. The zero-order valence-electron chi connectivity index (χ0n) is 10.3. The van der Waals surface area contributed by atoms with Crippen molar-refractivity contribution >= 4 is 17.5 Å². The van der Waals surface area contributed by atoms with E-state index in [1.165, 1.54) is 17.0 Å². The summed E-state index contributed by atoms with van der Waals surface area (Å²) in [6, 6.07) is 4.73. The highest BCUT2D eigenvalue weighted by molar-refractivity contribution is 6.08. The summed E-state index contributed by atoms with van der Waals surface area (Å²) in [6.07, 6.45) is 0.443. The number of nitrogens with zero attached hydrogens (tertiary/aromatic N) is 1. The fourth-order valence-corrected chi connectivity index (χ4v) is 2.15. The largest absolute Gasteiger partial charge is 0.343 e. The molecular formula is C13H15FN2O2. The molecule has 1 aliphatic heterocycles. The number of piperazine rings is 1. The summed E-state index contributed by atoms with van der Waals surface area (Å²) >= 11 is 0. The number of hydrogen-bond acceptors (Lipinski definition) is 2. The van der Waals surface area contributed by atoms with Crippen LogP contribution in [0.5, 0.6) is 0 Å². The third-order valence-electron chi connectivity index (χ3n) is 3.08. The first-order chi connectivity index (χ1) is 8.56. The second kappa shape index (κ2) is 4.76. The Hall–Kier alpha value is -1.91. The van der Waals surface area contributed by atoms with Gasteiger partial charge in [-0.25, -0.2) is 4.39 Å². The van der Waals surface area contributed by atoms with E-state index >= 15 is 0 Å². The van der Waals surface area contributed by atoms with Gasteiger partial charge in [-0.3, -0.25) is 14.5 Å². The Morgan fingerprint density at radius 1 is 1.33 bits per heavy atom. The summed E-state index contributed by atoms with van der Waals surface area (Å²) in [4.78, 5) is 25.2. The Morgan fingerprint density at radius 3 is 2.61 bits per heavy atom. The van der Waals surface area contributed by atoms with Crippen LogP contribution < -0.4 is 10.2 Å². The van der Waals surface area contributed by atoms with Crippen LogP contribution in [-0.2, 0) is 9.59 Å². The maximum absolute atomic E-state index is 13.8. The summed E-state index contributed by atoms with van der Waals surface area (Å²) in [5.41, 5.74) is 0.163. The van der Waals surface area contributed by atoms with E-state index in [4.69, 9.17) is 0 Å². The van der Waals surface area contributed by atoms with Crippen LogP contribution in [0, 0.1) is 5.82 Å². The number of hydrogen-bond donors (Lipinski definition) is 1. The van der Waals surface area contributed by atoms with E-state index in [-0.39, 0.29) is 17.5 Å². The number of halogens is 1.